The first kappa shape index (κ1) is 10.6. The lowest BCUT2D eigenvalue weighted by molar-refractivity contribution is 0.324. The minimum absolute atomic E-state index is 0.503. The van der Waals surface area contributed by atoms with Gasteiger partial charge in [-0.15, -0.1) is 0 Å². The van der Waals surface area contributed by atoms with Gasteiger partial charge >= 0.3 is 0 Å². The number of rotatable bonds is 5. The van der Waals surface area contributed by atoms with Crippen molar-refractivity contribution in [2.24, 2.45) is 17.3 Å². The summed E-state index contributed by atoms with van der Waals surface area (Å²) >= 11 is 3.57. The minimum atomic E-state index is 0.503. The fourth-order valence-corrected chi connectivity index (χ4v) is 1.87. The smallest absolute Gasteiger partial charge is 0.00826 e. The second-order valence-corrected chi connectivity index (χ2v) is 5.71. The highest BCUT2D eigenvalue weighted by Crippen LogP contribution is 2.40. The van der Waals surface area contributed by atoms with Gasteiger partial charge in [0.15, 0.2) is 0 Å². The summed E-state index contributed by atoms with van der Waals surface area (Å²) in [5, 5.41) is 1.14. The number of halogens is 1. The van der Waals surface area contributed by atoms with Crippen LogP contribution in [0.3, 0.4) is 0 Å². The first-order valence-electron chi connectivity index (χ1n) is 5.11. The molecule has 72 valence electrons. The lowest BCUT2D eigenvalue weighted by atomic mass is 9.86. The fraction of sp³-hybridized carbons (Fsp3) is 1.00. The molecule has 12 heavy (non-hydrogen) atoms. The Labute approximate surface area is 85.3 Å². The molecule has 0 spiro atoms. The predicted molar refractivity (Wildman–Crippen MR) is 58.7 cm³/mol. The molecule has 1 saturated carbocycles. The molecule has 0 amide bonds. The molecule has 0 aliphatic heterocycles. The van der Waals surface area contributed by atoms with E-state index >= 15 is 0 Å². The van der Waals surface area contributed by atoms with E-state index in [4.69, 9.17) is 0 Å². The van der Waals surface area contributed by atoms with Crippen molar-refractivity contribution >= 4 is 15.9 Å². The van der Waals surface area contributed by atoms with Crippen LogP contribution in [0, 0.1) is 17.3 Å². The standard InChI is InChI=1S/C11H21Br/c1-9(10-4-5-10)6-7-11(2,3)8-12/h9-10H,4-8H2,1-3H3. The zero-order valence-electron chi connectivity index (χ0n) is 8.57. The Morgan fingerprint density at radius 3 is 2.42 bits per heavy atom. The molecule has 1 unspecified atom stereocenters. The Hall–Kier alpha value is 0.480. The Bertz CT molecular complexity index is 136. The van der Waals surface area contributed by atoms with Gasteiger partial charge in [0.25, 0.3) is 0 Å². The van der Waals surface area contributed by atoms with Crippen LogP contribution in [0.1, 0.15) is 46.5 Å². The van der Waals surface area contributed by atoms with Gasteiger partial charge in [-0.2, -0.15) is 0 Å². The highest BCUT2D eigenvalue weighted by molar-refractivity contribution is 9.09. The molecule has 0 radical (unpaired) electrons. The third-order valence-electron chi connectivity index (χ3n) is 3.06. The van der Waals surface area contributed by atoms with Crippen LogP contribution in [-0.2, 0) is 0 Å². The Morgan fingerprint density at radius 2 is 2.00 bits per heavy atom. The molecule has 0 bridgehead atoms. The van der Waals surface area contributed by atoms with Crippen molar-refractivity contribution in [2.45, 2.75) is 46.5 Å². The van der Waals surface area contributed by atoms with Gasteiger partial charge in [0.05, 0.1) is 0 Å². The highest BCUT2D eigenvalue weighted by Gasteiger charge is 2.28. The van der Waals surface area contributed by atoms with Crippen molar-refractivity contribution in [2.75, 3.05) is 5.33 Å². The second kappa shape index (κ2) is 4.13. The van der Waals surface area contributed by atoms with E-state index in [0.717, 1.165) is 17.2 Å². The van der Waals surface area contributed by atoms with Crippen molar-refractivity contribution < 1.29 is 0 Å². The van der Waals surface area contributed by atoms with E-state index in [1.54, 1.807) is 0 Å². The normalized spacial score (nSPS) is 21.0. The summed E-state index contributed by atoms with van der Waals surface area (Å²) in [6, 6.07) is 0. The third-order valence-corrected chi connectivity index (χ3v) is 4.58. The third kappa shape index (κ3) is 3.47. The molecule has 1 rings (SSSR count). The summed E-state index contributed by atoms with van der Waals surface area (Å²) in [6.07, 6.45) is 5.78. The summed E-state index contributed by atoms with van der Waals surface area (Å²) < 4.78 is 0. The maximum Gasteiger partial charge on any atom is 0.00826 e. The average molecular weight is 233 g/mol. The molecule has 0 heterocycles. The maximum atomic E-state index is 3.57. The molecule has 0 aromatic carbocycles. The van der Waals surface area contributed by atoms with Gasteiger partial charge in [-0.1, -0.05) is 36.7 Å². The molecule has 0 saturated heterocycles. The summed E-state index contributed by atoms with van der Waals surface area (Å²) in [5.74, 6) is 2.06. The van der Waals surface area contributed by atoms with Gasteiger partial charge in [-0.3, -0.25) is 0 Å². The average Bonchev–Trinajstić information content (AvgIpc) is 2.83. The van der Waals surface area contributed by atoms with Crippen molar-refractivity contribution in [3.8, 4) is 0 Å². The predicted octanol–water partition coefficient (Wildman–Crippen LogP) is 4.23. The van der Waals surface area contributed by atoms with Crippen LogP contribution < -0.4 is 0 Å². The second-order valence-electron chi connectivity index (χ2n) is 5.15. The Morgan fingerprint density at radius 1 is 1.42 bits per heavy atom. The summed E-state index contributed by atoms with van der Waals surface area (Å²) in [5.41, 5.74) is 0.503. The van der Waals surface area contributed by atoms with Gasteiger partial charge in [0.1, 0.15) is 0 Å². The Kier molecular flexibility index (Phi) is 3.63. The van der Waals surface area contributed by atoms with Gasteiger partial charge in [0, 0.05) is 5.33 Å². The van der Waals surface area contributed by atoms with Gasteiger partial charge in [-0.05, 0) is 42.9 Å². The summed E-state index contributed by atoms with van der Waals surface area (Å²) in [6.45, 7) is 7.12. The van der Waals surface area contributed by atoms with Gasteiger partial charge < -0.3 is 0 Å². The molecule has 1 fully saturated rings. The molecular weight excluding hydrogens is 212 g/mol. The molecule has 1 aliphatic carbocycles. The molecular formula is C11H21Br. The van der Waals surface area contributed by atoms with Crippen molar-refractivity contribution in [3.05, 3.63) is 0 Å². The van der Waals surface area contributed by atoms with Crippen LogP contribution >= 0.6 is 15.9 Å². The van der Waals surface area contributed by atoms with E-state index in [0.29, 0.717) is 5.41 Å². The molecule has 0 N–H and O–H groups in total. The largest absolute Gasteiger partial charge is 0.0922 e. The number of hydrogen-bond acceptors (Lipinski definition) is 0. The van der Waals surface area contributed by atoms with Crippen LogP contribution in [-0.4, -0.2) is 5.33 Å². The van der Waals surface area contributed by atoms with E-state index in [2.05, 4.69) is 36.7 Å². The molecule has 0 aromatic heterocycles. The molecule has 0 aromatic rings. The van der Waals surface area contributed by atoms with Crippen molar-refractivity contribution in [1.82, 2.24) is 0 Å². The van der Waals surface area contributed by atoms with Crippen LogP contribution in [0.4, 0.5) is 0 Å². The van der Waals surface area contributed by atoms with E-state index in [1.165, 1.54) is 25.7 Å². The highest BCUT2D eigenvalue weighted by atomic mass is 79.9. The van der Waals surface area contributed by atoms with E-state index in [-0.39, 0.29) is 0 Å². The van der Waals surface area contributed by atoms with E-state index in [9.17, 15) is 0 Å². The molecule has 1 aliphatic rings. The lowest BCUT2D eigenvalue weighted by Gasteiger charge is -2.23. The first-order chi connectivity index (χ1) is 5.55. The zero-order chi connectivity index (χ0) is 9.19. The molecule has 0 nitrogen and oxygen atoms in total. The van der Waals surface area contributed by atoms with Crippen LogP contribution in [0.15, 0.2) is 0 Å². The minimum Gasteiger partial charge on any atom is -0.0922 e. The van der Waals surface area contributed by atoms with Crippen molar-refractivity contribution in [1.29, 1.82) is 0 Å². The number of alkyl halides is 1. The number of hydrogen-bond donors (Lipinski definition) is 0. The SMILES string of the molecule is CC(CCC(C)(C)CBr)C1CC1. The Balaban J connectivity index is 2.14. The summed E-state index contributed by atoms with van der Waals surface area (Å²) in [7, 11) is 0. The first-order valence-corrected chi connectivity index (χ1v) is 6.23. The van der Waals surface area contributed by atoms with Crippen LogP contribution in [0.5, 0.6) is 0 Å². The van der Waals surface area contributed by atoms with Crippen LogP contribution in [0.2, 0.25) is 0 Å². The monoisotopic (exact) mass is 232 g/mol. The zero-order valence-corrected chi connectivity index (χ0v) is 10.2. The topological polar surface area (TPSA) is 0 Å². The summed E-state index contributed by atoms with van der Waals surface area (Å²) in [4.78, 5) is 0. The molecule has 1 atom stereocenters. The van der Waals surface area contributed by atoms with Gasteiger partial charge in [0.2, 0.25) is 0 Å². The van der Waals surface area contributed by atoms with E-state index < -0.39 is 0 Å². The van der Waals surface area contributed by atoms with Crippen LogP contribution in [0.25, 0.3) is 0 Å². The molecule has 1 heteroatoms. The van der Waals surface area contributed by atoms with Gasteiger partial charge in [-0.25, -0.2) is 0 Å². The fourth-order valence-electron chi connectivity index (χ4n) is 1.59. The van der Waals surface area contributed by atoms with Crippen molar-refractivity contribution in [3.63, 3.8) is 0 Å². The quantitative estimate of drug-likeness (QED) is 0.623. The maximum absolute atomic E-state index is 3.57. The lowest BCUT2D eigenvalue weighted by Crippen LogP contribution is -2.14. The van der Waals surface area contributed by atoms with E-state index in [1.807, 2.05) is 0 Å².